The van der Waals surface area contributed by atoms with Crippen LogP contribution < -0.4 is 9.47 Å². The topological polar surface area (TPSA) is 93.2 Å². The molecule has 2 aliphatic rings. The summed E-state index contributed by atoms with van der Waals surface area (Å²) in [5.74, 6) is 0.0690. The third kappa shape index (κ3) is 7.37. The minimum absolute atomic E-state index is 0.151. The highest BCUT2D eigenvalue weighted by Crippen LogP contribution is 2.61. The van der Waals surface area contributed by atoms with Crippen molar-refractivity contribution in [2.75, 3.05) is 13.1 Å². The quantitative estimate of drug-likeness (QED) is 0.168. The summed E-state index contributed by atoms with van der Waals surface area (Å²) in [5, 5.41) is 3.18. The Morgan fingerprint density at radius 1 is 0.814 bits per heavy atom. The first kappa shape index (κ1) is 33.3. The molecule has 2 aromatic rings. The van der Waals surface area contributed by atoms with Crippen LogP contribution in [-0.4, -0.2) is 55.5 Å². The van der Waals surface area contributed by atoms with Gasteiger partial charge in [-0.3, -0.25) is 9.59 Å². The Bertz CT molecular complexity index is 1470. The first-order chi connectivity index (χ1) is 20.4. The Morgan fingerprint density at radius 3 is 1.86 bits per heavy atom. The monoisotopic (exact) mass is 646 g/mol. The summed E-state index contributed by atoms with van der Waals surface area (Å²) < 4.78 is 40.2. The Kier molecular flexibility index (Phi) is 10.8. The number of ether oxygens (including phenoxy) is 2. The Labute approximate surface area is 264 Å². The Balaban J connectivity index is 1.83. The standard InChI is InChI=1S/C32H42N2O6S3/c1-8-10-16-33-30(35)26(31(36)34(33)17-11-9-2)32-41-28-25(39-20(3)4)18-23(27(29(28)42-32)40-21(5)6)19-43(37,38)24-14-12-22(7)13-15-24/h12-15,18,20-21H,8-11,16-17,19H2,1-7H3. The molecule has 8 nitrogen and oxygen atoms in total. The van der Waals surface area contributed by atoms with E-state index in [4.69, 9.17) is 9.47 Å². The van der Waals surface area contributed by atoms with Gasteiger partial charge in [-0.05, 0) is 65.7 Å². The van der Waals surface area contributed by atoms with E-state index in [1.54, 1.807) is 40.3 Å². The van der Waals surface area contributed by atoms with Crippen LogP contribution in [0.1, 0.15) is 78.4 Å². The van der Waals surface area contributed by atoms with E-state index in [-0.39, 0.29) is 40.2 Å². The maximum Gasteiger partial charge on any atom is 0.279 e. The van der Waals surface area contributed by atoms with Crippen LogP contribution in [-0.2, 0) is 25.2 Å². The summed E-state index contributed by atoms with van der Waals surface area (Å²) >= 11 is 2.61. The number of nitrogens with zero attached hydrogens (tertiary/aromatic N) is 2. The molecule has 234 valence electrons. The first-order valence-electron chi connectivity index (χ1n) is 14.9. The van der Waals surface area contributed by atoms with Crippen LogP contribution in [0.15, 0.2) is 54.8 Å². The van der Waals surface area contributed by atoms with Crippen molar-refractivity contribution in [1.82, 2.24) is 10.0 Å². The van der Waals surface area contributed by atoms with Crippen LogP contribution in [0.25, 0.3) is 0 Å². The van der Waals surface area contributed by atoms with E-state index in [1.165, 1.54) is 23.5 Å². The van der Waals surface area contributed by atoms with E-state index < -0.39 is 9.84 Å². The summed E-state index contributed by atoms with van der Waals surface area (Å²) in [4.78, 5) is 29.1. The number of carbonyl (C=O) groups excluding carboxylic acids is 2. The molecule has 1 saturated heterocycles. The largest absolute Gasteiger partial charge is 0.490 e. The molecule has 2 amide bonds. The lowest BCUT2D eigenvalue weighted by atomic mass is 10.2. The van der Waals surface area contributed by atoms with Gasteiger partial charge in [0.25, 0.3) is 11.8 Å². The predicted octanol–water partition coefficient (Wildman–Crippen LogP) is 7.14. The van der Waals surface area contributed by atoms with E-state index in [0.29, 0.717) is 39.3 Å². The summed E-state index contributed by atoms with van der Waals surface area (Å²) in [6, 6.07) is 8.53. The second-order valence-electron chi connectivity index (χ2n) is 11.4. The number of rotatable bonds is 13. The van der Waals surface area contributed by atoms with E-state index in [0.717, 1.165) is 36.1 Å². The maximum absolute atomic E-state index is 13.7. The summed E-state index contributed by atoms with van der Waals surface area (Å²) in [6.45, 7) is 14.6. The third-order valence-corrected chi connectivity index (χ3v) is 11.2. The lowest BCUT2D eigenvalue weighted by Gasteiger charge is -2.27. The van der Waals surface area contributed by atoms with Crippen molar-refractivity contribution in [2.45, 2.75) is 107 Å². The zero-order chi connectivity index (χ0) is 31.5. The van der Waals surface area contributed by atoms with Gasteiger partial charge < -0.3 is 9.47 Å². The van der Waals surface area contributed by atoms with Gasteiger partial charge in [0.2, 0.25) is 0 Å². The zero-order valence-corrected chi connectivity index (χ0v) is 28.5. The molecule has 0 N–H and O–H groups in total. The molecule has 2 aliphatic heterocycles. The first-order valence-corrected chi connectivity index (χ1v) is 18.2. The van der Waals surface area contributed by atoms with Crippen molar-refractivity contribution < 1.29 is 27.5 Å². The number of thioether (sulfide) groups is 2. The van der Waals surface area contributed by atoms with Gasteiger partial charge in [-0.2, -0.15) is 0 Å². The highest BCUT2D eigenvalue weighted by atomic mass is 32.2. The molecule has 2 heterocycles. The Morgan fingerprint density at radius 2 is 1.35 bits per heavy atom. The average molecular weight is 647 g/mol. The molecule has 0 aliphatic carbocycles. The van der Waals surface area contributed by atoms with Crippen molar-refractivity contribution in [3.8, 4) is 11.5 Å². The lowest BCUT2D eigenvalue weighted by molar-refractivity contribution is -0.147. The zero-order valence-electron chi connectivity index (χ0n) is 26.1. The van der Waals surface area contributed by atoms with E-state index >= 15 is 0 Å². The van der Waals surface area contributed by atoms with Gasteiger partial charge in [-0.1, -0.05) is 67.9 Å². The molecule has 2 aromatic carbocycles. The number of fused-ring (bicyclic) bond motifs is 1. The number of hydrogen-bond acceptors (Lipinski definition) is 8. The number of amides is 2. The van der Waals surface area contributed by atoms with Crippen LogP contribution in [0.2, 0.25) is 0 Å². The summed E-state index contributed by atoms with van der Waals surface area (Å²) in [7, 11) is -3.72. The van der Waals surface area contributed by atoms with Crippen LogP contribution in [0.5, 0.6) is 11.5 Å². The second-order valence-corrected chi connectivity index (χ2v) is 15.6. The molecule has 0 unspecified atom stereocenters. The molecule has 0 saturated carbocycles. The molecular weight excluding hydrogens is 605 g/mol. The molecule has 11 heteroatoms. The fourth-order valence-electron chi connectivity index (χ4n) is 4.80. The fraction of sp³-hybridized carbons (Fsp3) is 0.500. The molecule has 4 rings (SSSR count). The van der Waals surface area contributed by atoms with E-state index in [2.05, 4.69) is 13.8 Å². The van der Waals surface area contributed by atoms with E-state index in [1.807, 2.05) is 34.6 Å². The number of carbonyl (C=O) groups is 2. The average Bonchev–Trinajstić information content (AvgIpc) is 3.46. The van der Waals surface area contributed by atoms with Crippen molar-refractivity contribution in [2.24, 2.45) is 0 Å². The number of benzene rings is 2. The lowest BCUT2D eigenvalue weighted by Crippen LogP contribution is -2.42. The van der Waals surface area contributed by atoms with Gasteiger partial charge >= 0.3 is 0 Å². The van der Waals surface area contributed by atoms with Crippen LogP contribution in [0.4, 0.5) is 0 Å². The van der Waals surface area contributed by atoms with Crippen LogP contribution in [0.3, 0.4) is 0 Å². The predicted molar refractivity (Wildman–Crippen MR) is 172 cm³/mol. The number of unbranched alkanes of at least 4 members (excludes halogenated alkanes) is 2. The maximum atomic E-state index is 13.7. The van der Waals surface area contributed by atoms with Crippen molar-refractivity contribution >= 4 is 45.2 Å². The molecular formula is C32H42N2O6S3. The molecule has 0 aromatic heterocycles. The van der Waals surface area contributed by atoms with Crippen LogP contribution >= 0.6 is 23.5 Å². The second kappa shape index (κ2) is 14.0. The van der Waals surface area contributed by atoms with E-state index in [9.17, 15) is 18.0 Å². The molecule has 0 atom stereocenters. The minimum atomic E-state index is -3.72. The minimum Gasteiger partial charge on any atom is -0.490 e. The molecule has 43 heavy (non-hydrogen) atoms. The highest BCUT2D eigenvalue weighted by molar-refractivity contribution is 8.25. The van der Waals surface area contributed by atoms with Gasteiger partial charge in [0.1, 0.15) is 17.1 Å². The third-order valence-electron chi connectivity index (χ3n) is 6.90. The normalized spacial score (nSPS) is 15.4. The number of hydrazine groups is 1. The number of aryl methyl sites for hydroxylation is 1. The number of hydrogen-bond donors (Lipinski definition) is 0. The van der Waals surface area contributed by atoms with Crippen LogP contribution in [0, 0.1) is 6.92 Å². The van der Waals surface area contributed by atoms with Crippen molar-refractivity contribution in [3.63, 3.8) is 0 Å². The summed E-state index contributed by atoms with van der Waals surface area (Å²) in [5.41, 5.74) is 1.60. The highest BCUT2D eigenvalue weighted by Gasteiger charge is 2.45. The van der Waals surface area contributed by atoms with Gasteiger partial charge in [0.05, 0.1) is 36.9 Å². The van der Waals surface area contributed by atoms with Gasteiger partial charge in [0.15, 0.2) is 9.84 Å². The number of sulfone groups is 1. The molecule has 0 bridgehead atoms. The summed E-state index contributed by atoms with van der Waals surface area (Å²) in [6.07, 6.45) is 2.97. The van der Waals surface area contributed by atoms with Gasteiger partial charge in [-0.25, -0.2) is 18.4 Å². The van der Waals surface area contributed by atoms with Crippen molar-refractivity contribution in [3.05, 3.63) is 51.3 Å². The van der Waals surface area contributed by atoms with Gasteiger partial charge in [-0.15, -0.1) is 0 Å². The smallest absolute Gasteiger partial charge is 0.279 e. The van der Waals surface area contributed by atoms with Crippen molar-refractivity contribution in [1.29, 1.82) is 0 Å². The van der Waals surface area contributed by atoms with Gasteiger partial charge in [0, 0.05) is 18.7 Å². The Hall–Kier alpha value is -2.63. The molecule has 1 fully saturated rings. The molecule has 0 radical (unpaired) electrons. The fourth-order valence-corrected chi connectivity index (χ4v) is 8.84. The SMILES string of the molecule is CCCCN1C(=O)C(=C2Sc3c(OC(C)C)cc(CS(=O)(=O)c4ccc(C)cc4)c(OC(C)C)c3S2)C(=O)N1CCCC. The molecule has 0 spiro atoms.